The van der Waals surface area contributed by atoms with Gasteiger partial charge in [0.05, 0.1) is 18.3 Å². The van der Waals surface area contributed by atoms with Gasteiger partial charge >= 0.3 is 12.1 Å². The van der Waals surface area contributed by atoms with Crippen LogP contribution in [0.4, 0.5) is 4.79 Å². The molecule has 8 heteroatoms. The molecular formula is C17H28N4O4. The number of amides is 1. The number of ether oxygens (including phenoxy) is 2. The summed E-state index contributed by atoms with van der Waals surface area (Å²) in [6, 6.07) is 0.270. The molecule has 1 fully saturated rings. The van der Waals surface area contributed by atoms with Crippen molar-refractivity contribution < 1.29 is 19.1 Å². The number of nitrogens with zero attached hydrogens (tertiary/aromatic N) is 3. The number of hydrogen-bond donors (Lipinski definition) is 1. The minimum Gasteiger partial charge on any atom is -0.461 e. The van der Waals surface area contributed by atoms with Gasteiger partial charge in [-0.15, -0.1) is 5.10 Å². The van der Waals surface area contributed by atoms with E-state index in [1.165, 1.54) is 0 Å². The molecular weight excluding hydrogens is 324 g/mol. The topological polar surface area (TPSA) is 95.3 Å². The Hall–Kier alpha value is -2.12. The molecule has 25 heavy (non-hydrogen) atoms. The third-order valence-corrected chi connectivity index (χ3v) is 4.16. The predicted octanol–water partition coefficient (Wildman–Crippen LogP) is 2.77. The van der Waals surface area contributed by atoms with Crippen molar-refractivity contribution >= 4 is 12.1 Å². The van der Waals surface area contributed by atoms with E-state index < -0.39 is 11.6 Å². The van der Waals surface area contributed by atoms with Crippen molar-refractivity contribution in [2.75, 3.05) is 6.61 Å². The van der Waals surface area contributed by atoms with Gasteiger partial charge in [0.1, 0.15) is 5.60 Å². The van der Waals surface area contributed by atoms with Gasteiger partial charge in [-0.3, -0.25) is 0 Å². The van der Waals surface area contributed by atoms with E-state index >= 15 is 0 Å². The fourth-order valence-corrected chi connectivity index (χ4v) is 3.01. The highest BCUT2D eigenvalue weighted by Gasteiger charge is 2.28. The molecule has 0 spiro atoms. The lowest BCUT2D eigenvalue weighted by Gasteiger charge is -2.30. The van der Waals surface area contributed by atoms with Gasteiger partial charge < -0.3 is 14.8 Å². The van der Waals surface area contributed by atoms with E-state index in [0.29, 0.717) is 6.61 Å². The molecule has 1 heterocycles. The SMILES string of the molecule is CCOC(=O)c1nnn(C2CCC(NC(=O)OC(C)(C)C)CC2)c1C. The molecule has 1 aliphatic carbocycles. The number of nitrogens with one attached hydrogen (secondary N) is 1. The zero-order valence-electron chi connectivity index (χ0n) is 15.7. The Morgan fingerprint density at radius 2 is 1.88 bits per heavy atom. The fraction of sp³-hybridized carbons (Fsp3) is 0.765. The minimum atomic E-state index is -0.497. The molecule has 0 atom stereocenters. The van der Waals surface area contributed by atoms with Gasteiger partial charge in [0.25, 0.3) is 0 Å². The van der Waals surface area contributed by atoms with E-state index in [9.17, 15) is 9.59 Å². The second-order valence-corrected chi connectivity index (χ2v) is 7.34. The lowest BCUT2D eigenvalue weighted by atomic mass is 9.91. The van der Waals surface area contributed by atoms with Crippen molar-refractivity contribution in [1.29, 1.82) is 0 Å². The van der Waals surface area contributed by atoms with Crippen molar-refractivity contribution in [3.63, 3.8) is 0 Å². The van der Waals surface area contributed by atoms with E-state index in [1.54, 1.807) is 11.6 Å². The first-order chi connectivity index (χ1) is 11.7. The molecule has 1 amide bonds. The quantitative estimate of drug-likeness (QED) is 0.837. The molecule has 8 nitrogen and oxygen atoms in total. The Labute approximate surface area is 148 Å². The van der Waals surface area contributed by atoms with E-state index in [2.05, 4.69) is 15.6 Å². The number of esters is 1. The Balaban J connectivity index is 1.90. The van der Waals surface area contributed by atoms with Crippen LogP contribution in [0.1, 0.15) is 75.6 Å². The first kappa shape index (κ1) is 19.2. The Morgan fingerprint density at radius 3 is 2.44 bits per heavy atom. The molecule has 0 saturated heterocycles. The summed E-state index contributed by atoms with van der Waals surface area (Å²) >= 11 is 0. The van der Waals surface area contributed by atoms with Crippen LogP contribution >= 0.6 is 0 Å². The lowest BCUT2D eigenvalue weighted by molar-refractivity contribution is 0.0483. The summed E-state index contributed by atoms with van der Waals surface area (Å²) in [6.45, 7) is 9.44. The molecule has 0 radical (unpaired) electrons. The second-order valence-electron chi connectivity index (χ2n) is 7.34. The molecule has 0 bridgehead atoms. The molecule has 140 valence electrons. The average molecular weight is 352 g/mol. The number of carbonyl (C=O) groups excluding carboxylic acids is 2. The van der Waals surface area contributed by atoms with Crippen molar-refractivity contribution in [3.8, 4) is 0 Å². The highest BCUT2D eigenvalue weighted by molar-refractivity contribution is 5.88. The zero-order valence-corrected chi connectivity index (χ0v) is 15.7. The minimum absolute atomic E-state index is 0.0967. The Kier molecular flexibility index (Phi) is 6.02. The first-order valence-corrected chi connectivity index (χ1v) is 8.79. The highest BCUT2D eigenvalue weighted by atomic mass is 16.6. The van der Waals surface area contributed by atoms with E-state index in [1.807, 2.05) is 27.7 Å². The van der Waals surface area contributed by atoms with Gasteiger partial charge in [0, 0.05) is 6.04 Å². The van der Waals surface area contributed by atoms with Crippen LogP contribution in [-0.4, -0.2) is 45.3 Å². The smallest absolute Gasteiger partial charge is 0.407 e. The summed E-state index contributed by atoms with van der Waals surface area (Å²) in [4.78, 5) is 23.7. The molecule has 0 unspecified atom stereocenters. The molecule has 1 aromatic rings. The average Bonchev–Trinajstić information content (AvgIpc) is 2.88. The van der Waals surface area contributed by atoms with Crippen molar-refractivity contribution in [1.82, 2.24) is 20.3 Å². The maximum atomic E-state index is 11.9. The first-order valence-electron chi connectivity index (χ1n) is 8.79. The zero-order chi connectivity index (χ0) is 18.6. The van der Waals surface area contributed by atoms with E-state index in [4.69, 9.17) is 9.47 Å². The van der Waals surface area contributed by atoms with Crippen molar-refractivity contribution in [3.05, 3.63) is 11.4 Å². The summed E-state index contributed by atoms with van der Waals surface area (Å²) in [5, 5.41) is 11.0. The summed E-state index contributed by atoms with van der Waals surface area (Å²) < 4.78 is 12.1. The fourth-order valence-electron chi connectivity index (χ4n) is 3.01. The summed E-state index contributed by atoms with van der Waals surface area (Å²) in [6.07, 6.45) is 2.99. The van der Waals surface area contributed by atoms with E-state index in [0.717, 1.165) is 31.4 Å². The van der Waals surface area contributed by atoms with E-state index in [-0.39, 0.29) is 23.9 Å². The van der Waals surface area contributed by atoms with Gasteiger partial charge in [0.2, 0.25) is 0 Å². The molecule has 2 rings (SSSR count). The van der Waals surface area contributed by atoms with Gasteiger partial charge in [-0.05, 0) is 60.3 Å². The summed E-state index contributed by atoms with van der Waals surface area (Å²) in [7, 11) is 0. The van der Waals surface area contributed by atoms with Crippen molar-refractivity contribution in [2.24, 2.45) is 0 Å². The van der Waals surface area contributed by atoms with Gasteiger partial charge in [-0.25, -0.2) is 14.3 Å². The van der Waals surface area contributed by atoms with Crippen LogP contribution in [-0.2, 0) is 9.47 Å². The molecule has 1 saturated carbocycles. The number of carbonyl (C=O) groups is 2. The monoisotopic (exact) mass is 352 g/mol. The lowest BCUT2D eigenvalue weighted by Crippen LogP contribution is -2.41. The van der Waals surface area contributed by atoms with Gasteiger partial charge in [-0.1, -0.05) is 5.21 Å². The standard InChI is InChI=1S/C17H28N4O4/c1-6-24-15(22)14-11(2)21(20-19-14)13-9-7-12(8-10-13)18-16(23)25-17(3,4)5/h12-13H,6-10H2,1-5H3,(H,18,23). The molecule has 1 aliphatic rings. The number of rotatable bonds is 4. The van der Waals surface area contributed by atoms with Crippen LogP contribution in [0.5, 0.6) is 0 Å². The maximum absolute atomic E-state index is 11.9. The number of hydrogen-bond acceptors (Lipinski definition) is 6. The van der Waals surface area contributed by atoms with Crippen LogP contribution in [0, 0.1) is 6.92 Å². The normalized spacial score (nSPS) is 20.8. The summed E-state index contributed by atoms with van der Waals surface area (Å²) in [5.74, 6) is -0.438. The van der Waals surface area contributed by atoms with Crippen LogP contribution < -0.4 is 5.32 Å². The maximum Gasteiger partial charge on any atom is 0.407 e. The largest absolute Gasteiger partial charge is 0.461 e. The van der Waals surface area contributed by atoms with Crippen LogP contribution in [0.15, 0.2) is 0 Å². The van der Waals surface area contributed by atoms with Crippen LogP contribution in [0.25, 0.3) is 0 Å². The third-order valence-electron chi connectivity index (χ3n) is 4.16. The Morgan fingerprint density at radius 1 is 1.24 bits per heavy atom. The number of aromatic nitrogens is 3. The Bertz CT molecular complexity index is 613. The highest BCUT2D eigenvalue weighted by Crippen LogP contribution is 2.29. The predicted molar refractivity (Wildman–Crippen MR) is 91.4 cm³/mol. The number of alkyl carbamates (subject to hydrolysis) is 1. The molecule has 1 N–H and O–H groups in total. The van der Waals surface area contributed by atoms with Crippen LogP contribution in [0.3, 0.4) is 0 Å². The van der Waals surface area contributed by atoms with Crippen molar-refractivity contribution in [2.45, 2.75) is 78.0 Å². The molecule has 0 aliphatic heterocycles. The molecule has 0 aromatic carbocycles. The van der Waals surface area contributed by atoms with Crippen LogP contribution in [0.2, 0.25) is 0 Å². The van der Waals surface area contributed by atoms with Gasteiger partial charge in [0.15, 0.2) is 5.69 Å². The third kappa shape index (κ3) is 5.17. The second kappa shape index (κ2) is 7.84. The summed E-state index contributed by atoms with van der Waals surface area (Å²) in [5.41, 5.74) is 0.501. The molecule has 1 aromatic heterocycles. The van der Waals surface area contributed by atoms with Gasteiger partial charge in [-0.2, -0.15) is 0 Å².